The van der Waals surface area contributed by atoms with Gasteiger partial charge in [-0.1, -0.05) is 30.9 Å². The molecule has 0 saturated heterocycles. The van der Waals surface area contributed by atoms with Crippen molar-refractivity contribution in [2.45, 2.75) is 42.2 Å². The first-order valence-corrected chi connectivity index (χ1v) is 7.73. The molecule has 1 saturated carbocycles. The Bertz CT molecular complexity index is 507. The fourth-order valence-electron chi connectivity index (χ4n) is 2.33. The SMILES string of the molecule is Nc1cc(Cl)ccc1S(=O)(=O)C1CCCCC1. The van der Waals surface area contributed by atoms with Crippen LogP contribution in [0.25, 0.3) is 0 Å². The van der Waals surface area contributed by atoms with Gasteiger partial charge in [-0.15, -0.1) is 0 Å². The highest BCUT2D eigenvalue weighted by atomic mass is 35.5. The van der Waals surface area contributed by atoms with E-state index < -0.39 is 9.84 Å². The highest BCUT2D eigenvalue weighted by Crippen LogP contribution is 2.32. The van der Waals surface area contributed by atoms with E-state index >= 15 is 0 Å². The molecule has 1 aromatic carbocycles. The Morgan fingerprint density at radius 1 is 1.18 bits per heavy atom. The number of anilines is 1. The standard InChI is InChI=1S/C12H16ClNO2S/c13-9-6-7-12(11(14)8-9)17(15,16)10-4-2-1-3-5-10/h6-8,10H,1-5,14H2. The number of nitrogens with two attached hydrogens (primary N) is 1. The fraction of sp³-hybridized carbons (Fsp3) is 0.500. The number of sulfone groups is 1. The van der Waals surface area contributed by atoms with Gasteiger partial charge in [0.25, 0.3) is 0 Å². The molecular weight excluding hydrogens is 258 g/mol. The Kier molecular flexibility index (Phi) is 3.64. The van der Waals surface area contributed by atoms with Crippen molar-refractivity contribution in [3.63, 3.8) is 0 Å². The summed E-state index contributed by atoms with van der Waals surface area (Å²) >= 11 is 5.78. The van der Waals surface area contributed by atoms with Gasteiger partial charge < -0.3 is 5.73 Å². The number of rotatable bonds is 2. The summed E-state index contributed by atoms with van der Waals surface area (Å²) < 4.78 is 24.8. The monoisotopic (exact) mass is 273 g/mol. The lowest BCUT2D eigenvalue weighted by Crippen LogP contribution is -2.24. The average Bonchev–Trinajstić information content (AvgIpc) is 2.29. The van der Waals surface area contributed by atoms with Gasteiger partial charge in [0.05, 0.1) is 15.8 Å². The molecule has 0 atom stereocenters. The van der Waals surface area contributed by atoms with Gasteiger partial charge in [0.15, 0.2) is 9.84 Å². The molecule has 0 amide bonds. The summed E-state index contributed by atoms with van der Waals surface area (Å²) in [6, 6.07) is 4.59. The first-order chi connectivity index (χ1) is 8.01. The van der Waals surface area contributed by atoms with Gasteiger partial charge in [-0.05, 0) is 31.0 Å². The lowest BCUT2D eigenvalue weighted by Gasteiger charge is -2.22. The molecule has 0 aromatic heterocycles. The number of hydrogen-bond acceptors (Lipinski definition) is 3. The maximum Gasteiger partial charge on any atom is 0.183 e. The first-order valence-electron chi connectivity index (χ1n) is 5.81. The van der Waals surface area contributed by atoms with Crippen molar-refractivity contribution in [3.05, 3.63) is 23.2 Å². The van der Waals surface area contributed by atoms with Crippen LogP contribution in [0.4, 0.5) is 5.69 Å². The minimum absolute atomic E-state index is 0.230. The van der Waals surface area contributed by atoms with Crippen LogP contribution in [0.5, 0.6) is 0 Å². The molecule has 2 rings (SSSR count). The second-order valence-corrected chi connectivity index (χ2v) is 7.12. The molecule has 2 N–H and O–H groups in total. The van der Waals surface area contributed by atoms with E-state index in [1.165, 1.54) is 12.1 Å². The lowest BCUT2D eigenvalue weighted by atomic mass is 10.0. The number of nitrogen functional groups attached to an aromatic ring is 1. The van der Waals surface area contributed by atoms with Crippen LogP contribution in [0.15, 0.2) is 23.1 Å². The third kappa shape index (κ3) is 2.58. The van der Waals surface area contributed by atoms with E-state index in [9.17, 15) is 8.42 Å². The highest BCUT2D eigenvalue weighted by Gasteiger charge is 2.30. The van der Waals surface area contributed by atoms with Crippen molar-refractivity contribution in [3.8, 4) is 0 Å². The van der Waals surface area contributed by atoms with Crippen LogP contribution in [-0.2, 0) is 9.84 Å². The molecule has 0 spiro atoms. The average molecular weight is 274 g/mol. The Balaban J connectivity index is 2.37. The van der Waals surface area contributed by atoms with E-state index in [1.54, 1.807) is 6.07 Å². The van der Waals surface area contributed by atoms with Crippen LogP contribution in [0.1, 0.15) is 32.1 Å². The third-order valence-corrected chi connectivity index (χ3v) is 5.84. The molecule has 0 bridgehead atoms. The molecule has 94 valence electrons. The normalized spacial score (nSPS) is 18.2. The summed E-state index contributed by atoms with van der Waals surface area (Å²) in [5.74, 6) is 0. The molecule has 1 aliphatic rings. The zero-order valence-electron chi connectivity index (χ0n) is 9.52. The highest BCUT2D eigenvalue weighted by molar-refractivity contribution is 7.92. The summed E-state index contributed by atoms with van der Waals surface area (Å²) in [6.07, 6.45) is 4.58. The molecule has 0 heterocycles. The number of halogens is 1. The summed E-state index contributed by atoms with van der Waals surface area (Å²) in [4.78, 5) is 0.230. The molecular formula is C12H16ClNO2S. The van der Waals surface area contributed by atoms with Crippen LogP contribution in [-0.4, -0.2) is 13.7 Å². The predicted molar refractivity (Wildman–Crippen MR) is 69.9 cm³/mol. The van der Waals surface area contributed by atoms with E-state index in [0.29, 0.717) is 5.02 Å². The summed E-state index contributed by atoms with van der Waals surface area (Å²) in [5, 5.41) is 0.185. The van der Waals surface area contributed by atoms with Gasteiger partial charge in [-0.2, -0.15) is 0 Å². The van der Waals surface area contributed by atoms with Gasteiger partial charge in [-0.25, -0.2) is 8.42 Å². The Morgan fingerprint density at radius 3 is 2.41 bits per heavy atom. The van der Waals surface area contributed by atoms with Gasteiger partial charge >= 0.3 is 0 Å². The van der Waals surface area contributed by atoms with E-state index in [1.807, 2.05) is 0 Å². The van der Waals surface area contributed by atoms with Crippen LogP contribution in [0.3, 0.4) is 0 Å². The Hall–Kier alpha value is -0.740. The first kappa shape index (κ1) is 12.7. The van der Waals surface area contributed by atoms with Gasteiger partial charge in [0.2, 0.25) is 0 Å². The van der Waals surface area contributed by atoms with Gasteiger partial charge in [0, 0.05) is 5.02 Å². The number of hydrogen-bond donors (Lipinski definition) is 1. The van der Waals surface area contributed by atoms with Crippen LogP contribution in [0, 0.1) is 0 Å². The van der Waals surface area contributed by atoms with Crippen molar-refractivity contribution >= 4 is 27.1 Å². The molecule has 0 radical (unpaired) electrons. The van der Waals surface area contributed by atoms with E-state index in [4.69, 9.17) is 17.3 Å². The smallest absolute Gasteiger partial charge is 0.183 e. The summed E-state index contributed by atoms with van der Waals surface area (Å²) in [6.45, 7) is 0. The van der Waals surface area contributed by atoms with Crippen LogP contribution >= 0.6 is 11.6 Å². The maximum absolute atomic E-state index is 12.4. The molecule has 3 nitrogen and oxygen atoms in total. The molecule has 1 fully saturated rings. The van der Waals surface area contributed by atoms with Crippen molar-refractivity contribution in [1.29, 1.82) is 0 Å². The van der Waals surface area contributed by atoms with E-state index in [-0.39, 0.29) is 15.8 Å². The molecule has 0 unspecified atom stereocenters. The maximum atomic E-state index is 12.4. The Morgan fingerprint density at radius 2 is 1.82 bits per heavy atom. The van der Waals surface area contributed by atoms with Crippen molar-refractivity contribution in [2.75, 3.05) is 5.73 Å². The topological polar surface area (TPSA) is 60.2 Å². The fourth-order valence-corrected chi connectivity index (χ4v) is 4.47. The van der Waals surface area contributed by atoms with E-state index in [2.05, 4.69) is 0 Å². The number of benzene rings is 1. The summed E-state index contributed by atoms with van der Waals surface area (Å²) in [5.41, 5.74) is 6.00. The second-order valence-electron chi connectivity index (χ2n) is 4.49. The molecule has 5 heteroatoms. The largest absolute Gasteiger partial charge is 0.398 e. The quantitative estimate of drug-likeness (QED) is 0.843. The summed E-state index contributed by atoms with van der Waals surface area (Å²) in [7, 11) is -3.29. The van der Waals surface area contributed by atoms with E-state index in [0.717, 1.165) is 32.1 Å². The Labute approximate surface area is 107 Å². The zero-order chi connectivity index (χ0) is 12.5. The minimum atomic E-state index is -3.29. The zero-order valence-corrected chi connectivity index (χ0v) is 11.1. The molecule has 1 aromatic rings. The predicted octanol–water partition coefficient (Wildman–Crippen LogP) is 3.03. The van der Waals surface area contributed by atoms with Crippen LogP contribution < -0.4 is 5.73 Å². The molecule has 0 aliphatic heterocycles. The van der Waals surface area contributed by atoms with Crippen molar-refractivity contribution in [2.24, 2.45) is 0 Å². The van der Waals surface area contributed by atoms with Gasteiger partial charge in [-0.3, -0.25) is 0 Å². The molecule has 1 aliphatic carbocycles. The molecule has 17 heavy (non-hydrogen) atoms. The third-order valence-electron chi connectivity index (χ3n) is 3.27. The van der Waals surface area contributed by atoms with Crippen molar-refractivity contribution in [1.82, 2.24) is 0 Å². The van der Waals surface area contributed by atoms with Gasteiger partial charge in [0.1, 0.15) is 0 Å². The second kappa shape index (κ2) is 4.86. The van der Waals surface area contributed by atoms with Crippen LogP contribution in [0.2, 0.25) is 5.02 Å². The van der Waals surface area contributed by atoms with Crippen molar-refractivity contribution < 1.29 is 8.42 Å². The minimum Gasteiger partial charge on any atom is -0.398 e. The lowest BCUT2D eigenvalue weighted by molar-refractivity contribution is 0.484.